The van der Waals surface area contributed by atoms with Crippen LogP contribution in [-0.4, -0.2) is 37.4 Å². The molecule has 0 atom stereocenters. The summed E-state index contributed by atoms with van der Waals surface area (Å²) in [6, 6.07) is 4.28. The molecule has 1 aromatic rings. The van der Waals surface area contributed by atoms with E-state index in [4.69, 9.17) is 10.00 Å². The minimum Gasteiger partial charge on any atom is -0.442 e. The number of hydrogen-bond donors (Lipinski definition) is 1. The van der Waals surface area contributed by atoms with E-state index in [1.807, 2.05) is 6.07 Å². The predicted octanol–water partition coefficient (Wildman–Crippen LogP) is 2.02. The molecule has 1 aliphatic rings. The second kappa shape index (κ2) is 7.29. The highest BCUT2D eigenvalue weighted by Crippen LogP contribution is 2.27. The Morgan fingerprint density at radius 3 is 2.76 bits per heavy atom. The minimum absolute atomic E-state index is 0.0126. The summed E-state index contributed by atoms with van der Waals surface area (Å²) in [5.74, 6) is 0.0126. The van der Waals surface area contributed by atoms with E-state index in [1.165, 1.54) is 24.5 Å². The highest BCUT2D eigenvalue weighted by atomic mass is 32.2. The highest BCUT2D eigenvalue weighted by molar-refractivity contribution is 7.89. The summed E-state index contributed by atoms with van der Waals surface area (Å²) in [6.07, 6.45) is 3.18. The monoisotopic (exact) mass is 364 g/mol. The summed E-state index contributed by atoms with van der Waals surface area (Å²) in [5, 5.41) is 8.65. The topological polar surface area (TPSA) is 122 Å². The molecule has 1 aliphatic carbocycles. The molecule has 0 saturated heterocycles. The Morgan fingerprint density at radius 2 is 2.16 bits per heavy atom. The molecule has 0 unspecified atom stereocenters. The normalized spacial score (nSPS) is 20.7. The molecule has 0 aliphatic heterocycles. The Kier molecular flexibility index (Phi) is 5.55. The molecule has 0 radical (unpaired) electrons. The van der Waals surface area contributed by atoms with Crippen LogP contribution in [0.1, 0.15) is 39.2 Å². The van der Waals surface area contributed by atoms with Crippen LogP contribution in [0.15, 0.2) is 28.3 Å². The zero-order valence-electron chi connectivity index (χ0n) is 14.3. The number of amides is 1. The Morgan fingerprint density at radius 1 is 1.48 bits per heavy atom. The van der Waals surface area contributed by atoms with Gasteiger partial charge in [-0.15, -0.1) is 0 Å². The minimum atomic E-state index is -3.78. The first-order valence-electron chi connectivity index (χ1n) is 7.75. The summed E-state index contributed by atoms with van der Waals surface area (Å²) in [4.78, 5) is 19.0. The van der Waals surface area contributed by atoms with Crippen LogP contribution in [0, 0.1) is 17.2 Å². The summed E-state index contributed by atoms with van der Waals surface area (Å²) in [7, 11) is -3.78. The summed E-state index contributed by atoms with van der Waals surface area (Å²) in [5.41, 5.74) is -0.372. The number of aromatic nitrogens is 1. The van der Waals surface area contributed by atoms with Crippen LogP contribution in [0.25, 0.3) is 0 Å². The van der Waals surface area contributed by atoms with Crippen LogP contribution in [0.2, 0.25) is 0 Å². The van der Waals surface area contributed by atoms with Gasteiger partial charge in [0.2, 0.25) is 0 Å². The molecule has 9 heteroatoms. The van der Waals surface area contributed by atoms with Gasteiger partial charge in [0.25, 0.3) is 10.0 Å². The molecule has 1 fully saturated rings. The first kappa shape index (κ1) is 19.0. The van der Waals surface area contributed by atoms with Crippen molar-refractivity contribution in [1.82, 2.24) is 9.71 Å². The van der Waals surface area contributed by atoms with Crippen molar-refractivity contribution in [3.05, 3.63) is 23.9 Å². The molecule has 0 spiro atoms. The zero-order valence-corrected chi connectivity index (χ0v) is 15.1. The number of nitrogens with one attached hydrogen (secondary N) is 1. The summed E-state index contributed by atoms with van der Waals surface area (Å²) >= 11 is 0. The Labute approximate surface area is 147 Å². The molecule has 8 nitrogen and oxygen atoms in total. The van der Waals surface area contributed by atoms with Crippen LogP contribution >= 0.6 is 0 Å². The fraction of sp³-hybridized carbons (Fsp3) is 0.500. The average Bonchev–Trinajstić information content (AvgIpc) is 2.47. The van der Waals surface area contributed by atoms with Gasteiger partial charge in [0.15, 0.2) is 5.03 Å². The van der Waals surface area contributed by atoms with Crippen LogP contribution in [0.4, 0.5) is 4.79 Å². The number of hydrogen-bond acceptors (Lipinski definition) is 6. The maximum atomic E-state index is 12.2. The van der Waals surface area contributed by atoms with E-state index in [-0.39, 0.29) is 22.5 Å². The van der Waals surface area contributed by atoms with Crippen LogP contribution < -0.4 is 4.72 Å². The van der Waals surface area contributed by atoms with Crippen molar-refractivity contribution < 1.29 is 17.9 Å². The first-order chi connectivity index (χ1) is 11.6. The number of ether oxygens (including phenoxy) is 1. The number of nitrogens with zero attached hydrogens (tertiary/aromatic N) is 3. The van der Waals surface area contributed by atoms with Gasteiger partial charge in [0, 0.05) is 18.5 Å². The fourth-order valence-electron chi connectivity index (χ4n) is 2.24. The van der Waals surface area contributed by atoms with E-state index < -0.39 is 21.7 Å². The molecule has 25 heavy (non-hydrogen) atoms. The third kappa shape index (κ3) is 5.62. The molecule has 1 N–H and O–H groups in total. The van der Waals surface area contributed by atoms with Gasteiger partial charge >= 0.3 is 6.09 Å². The second-order valence-corrected chi connectivity index (χ2v) is 8.46. The number of nitriles is 1. The summed E-state index contributed by atoms with van der Waals surface area (Å²) < 4.78 is 32.1. The second-order valence-electron chi connectivity index (χ2n) is 6.80. The molecule has 0 bridgehead atoms. The van der Waals surface area contributed by atoms with Crippen molar-refractivity contribution in [3.8, 4) is 6.07 Å². The van der Waals surface area contributed by atoms with Crippen molar-refractivity contribution in [3.63, 3.8) is 0 Å². The molecule has 1 aromatic heterocycles. The van der Waals surface area contributed by atoms with E-state index in [2.05, 4.69) is 14.7 Å². The molecule has 0 aromatic carbocycles. The van der Waals surface area contributed by atoms with E-state index in [1.54, 1.807) is 20.8 Å². The molecule has 1 heterocycles. The van der Waals surface area contributed by atoms with E-state index in [9.17, 15) is 13.2 Å². The quantitative estimate of drug-likeness (QED) is 0.816. The third-order valence-electron chi connectivity index (χ3n) is 3.42. The van der Waals surface area contributed by atoms with Crippen molar-refractivity contribution in [2.45, 2.75) is 50.3 Å². The lowest BCUT2D eigenvalue weighted by Gasteiger charge is -2.32. The predicted molar refractivity (Wildman–Crippen MR) is 90.5 cm³/mol. The lowest BCUT2D eigenvalue weighted by molar-refractivity contribution is 0.0603. The van der Waals surface area contributed by atoms with Gasteiger partial charge in [-0.25, -0.2) is 22.9 Å². The van der Waals surface area contributed by atoms with Crippen molar-refractivity contribution in [1.29, 1.82) is 5.26 Å². The number of pyridine rings is 1. The van der Waals surface area contributed by atoms with Gasteiger partial charge in [-0.05, 0) is 51.7 Å². The smallest absolute Gasteiger partial charge is 0.433 e. The number of carbonyl (C=O) groups is 1. The van der Waals surface area contributed by atoms with Gasteiger partial charge in [0.05, 0.1) is 11.6 Å². The molecule has 2 rings (SSSR count). The number of aliphatic imine (C=N–C) groups is 1. The molecule has 1 amide bonds. The molecule has 1 saturated carbocycles. The third-order valence-corrected chi connectivity index (χ3v) is 4.84. The molecular formula is C16H20N4O4S. The van der Waals surface area contributed by atoms with Gasteiger partial charge in [-0.1, -0.05) is 0 Å². The van der Waals surface area contributed by atoms with Crippen LogP contribution in [-0.2, 0) is 14.8 Å². The van der Waals surface area contributed by atoms with Crippen LogP contribution in [0.3, 0.4) is 0 Å². The average molecular weight is 364 g/mol. The zero-order chi connectivity index (χ0) is 18.7. The van der Waals surface area contributed by atoms with E-state index in [0.29, 0.717) is 12.8 Å². The van der Waals surface area contributed by atoms with E-state index >= 15 is 0 Å². The lowest BCUT2D eigenvalue weighted by atomic mass is 9.82. The lowest BCUT2D eigenvalue weighted by Crippen LogP contribution is -2.45. The standard InChI is InChI=1S/C16H20N4O4S/c1-16(2,3)24-15(21)19-10-12-6-13(7-12)20-25(22,23)14-8-11(9-17)4-5-18-14/h4-5,8,10,12-13,20H,6-7H2,1-3H3. The van der Waals surface area contributed by atoms with Crippen molar-refractivity contribution in [2.24, 2.45) is 10.9 Å². The highest BCUT2D eigenvalue weighted by Gasteiger charge is 2.32. The Bertz CT molecular complexity index is 815. The van der Waals surface area contributed by atoms with Gasteiger partial charge in [0.1, 0.15) is 5.60 Å². The van der Waals surface area contributed by atoms with Gasteiger partial charge < -0.3 is 4.74 Å². The number of rotatable bonds is 4. The fourth-order valence-corrected chi connectivity index (χ4v) is 3.47. The number of carbonyl (C=O) groups excluding carboxylic acids is 1. The molecular weight excluding hydrogens is 344 g/mol. The SMILES string of the molecule is CC(C)(C)OC(=O)N=CC1CC(NS(=O)(=O)c2cc(C#N)ccn2)C1. The first-order valence-corrected chi connectivity index (χ1v) is 9.23. The van der Waals surface area contributed by atoms with Crippen LogP contribution in [0.5, 0.6) is 0 Å². The largest absolute Gasteiger partial charge is 0.442 e. The molecule has 134 valence electrons. The van der Waals surface area contributed by atoms with Gasteiger partial charge in [-0.3, -0.25) is 0 Å². The Balaban J connectivity index is 1.87. The Hall–Kier alpha value is -2.31. The van der Waals surface area contributed by atoms with E-state index in [0.717, 1.165) is 0 Å². The number of sulfonamides is 1. The maximum Gasteiger partial charge on any atom is 0.433 e. The van der Waals surface area contributed by atoms with Crippen molar-refractivity contribution in [2.75, 3.05) is 0 Å². The van der Waals surface area contributed by atoms with Gasteiger partial charge in [-0.2, -0.15) is 10.3 Å². The van der Waals surface area contributed by atoms with Crippen molar-refractivity contribution >= 4 is 22.3 Å². The summed E-state index contributed by atoms with van der Waals surface area (Å²) in [6.45, 7) is 5.26. The maximum absolute atomic E-state index is 12.2.